The molecule has 0 aliphatic rings. The van der Waals surface area contributed by atoms with E-state index in [9.17, 15) is 4.79 Å². The van der Waals surface area contributed by atoms with E-state index >= 15 is 0 Å². The van der Waals surface area contributed by atoms with E-state index in [1.807, 2.05) is 73.9 Å². The summed E-state index contributed by atoms with van der Waals surface area (Å²) in [5.41, 5.74) is 3.04. The molecular formula is C23H26N4O2S. The highest BCUT2D eigenvalue weighted by molar-refractivity contribution is 7.99. The summed E-state index contributed by atoms with van der Waals surface area (Å²) >= 11 is 1.34. The molecule has 0 bridgehead atoms. The molecule has 0 spiro atoms. The normalized spacial score (nSPS) is 11.7. The lowest BCUT2D eigenvalue weighted by Gasteiger charge is -2.15. The fourth-order valence-corrected chi connectivity index (χ4v) is 3.72. The number of hydrogen-bond donors (Lipinski definition) is 1. The van der Waals surface area contributed by atoms with Crippen molar-refractivity contribution in [3.8, 4) is 5.75 Å². The lowest BCUT2D eigenvalue weighted by Crippen LogP contribution is -2.16. The van der Waals surface area contributed by atoms with Crippen LogP contribution in [0.15, 0.2) is 66.3 Å². The second-order valence-electron chi connectivity index (χ2n) is 6.90. The molecule has 7 heteroatoms. The third-order valence-corrected chi connectivity index (χ3v) is 5.65. The number of aryl methyl sites for hydroxylation is 1. The third kappa shape index (κ3) is 5.30. The number of carbonyl (C=O) groups is 1. The van der Waals surface area contributed by atoms with E-state index in [4.69, 9.17) is 4.74 Å². The number of amides is 1. The molecule has 1 unspecified atom stereocenters. The number of allylic oxidation sites excluding steroid dienone is 1. The fourth-order valence-electron chi connectivity index (χ4n) is 2.97. The summed E-state index contributed by atoms with van der Waals surface area (Å²) in [5.74, 6) is 1.60. The number of benzene rings is 2. The van der Waals surface area contributed by atoms with Crippen molar-refractivity contribution in [2.45, 2.75) is 38.6 Å². The smallest absolute Gasteiger partial charge is 0.234 e. The van der Waals surface area contributed by atoms with E-state index in [0.29, 0.717) is 17.5 Å². The van der Waals surface area contributed by atoms with Crippen LogP contribution in [-0.2, 0) is 11.3 Å². The predicted octanol–water partition coefficient (Wildman–Crippen LogP) is 4.95. The van der Waals surface area contributed by atoms with Crippen LogP contribution in [0.25, 0.3) is 0 Å². The number of nitrogens with zero attached hydrogens (tertiary/aromatic N) is 3. The van der Waals surface area contributed by atoms with Crippen LogP contribution in [-0.4, -0.2) is 26.4 Å². The largest absolute Gasteiger partial charge is 0.483 e. The van der Waals surface area contributed by atoms with Gasteiger partial charge in [-0.1, -0.05) is 48.2 Å². The topological polar surface area (TPSA) is 69.0 Å². The van der Waals surface area contributed by atoms with Gasteiger partial charge in [0.05, 0.1) is 5.75 Å². The molecule has 0 aliphatic heterocycles. The molecule has 1 heterocycles. The van der Waals surface area contributed by atoms with Crippen molar-refractivity contribution in [2.75, 3.05) is 11.1 Å². The molecule has 30 heavy (non-hydrogen) atoms. The molecule has 3 aromatic rings. The first kappa shape index (κ1) is 21.6. The Hall–Kier alpha value is -3.06. The zero-order chi connectivity index (χ0) is 21.5. The quantitative estimate of drug-likeness (QED) is 0.390. The van der Waals surface area contributed by atoms with Crippen LogP contribution in [0, 0.1) is 13.8 Å². The van der Waals surface area contributed by atoms with E-state index in [2.05, 4.69) is 22.1 Å². The highest BCUT2D eigenvalue weighted by Gasteiger charge is 2.20. The molecule has 0 aliphatic carbocycles. The number of aromatic nitrogens is 3. The molecule has 156 valence electrons. The van der Waals surface area contributed by atoms with Gasteiger partial charge in [-0.25, -0.2) is 0 Å². The monoisotopic (exact) mass is 422 g/mol. The summed E-state index contributed by atoms with van der Waals surface area (Å²) in [5, 5.41) is 12.2. The summed E-state index contributed by atoms with van der Waals surface area (Å²) in [6.07, 6.45) is 1.49. The van der Waals surface area contributed by atoms with Gasteiger partial charge in [0.25, 0.3) is 0 Å². The molecule has 0 fully saturated rings. The molecule has 1 amide bonds. The molecule has 1 atom stereocenters. The third-order valence-electron chi connectivity index (χ3n) is 4.69. The summed E-state index contributed by atoms with van der Waals surface area (Å²) in [6, 6.07) is 15.5. The van der Waals surface area contributed by atoms with Crippen molar-refractivity contribution in [1.82, 2.24) is 14.8 Å². The Labute approximate surface area is 181 Å². The van der Waals surface area contributed by atoms with E-state index in [1.165, 1.54) is 11.8 Å². The number of ether oxygens (including phenoxy) is 1. The Bertz CT molecular complexity index is 1020. The average Bonchev–Trinajstić information content (AvgIpc) is 3.14. The molecule has 6 nitrogen and oxygen atoms in total. The average molecular weight is 423 g/mol. The maximum absolute atomic E-state index is 12.5. The van der Waals surface area contributed by atoms with Crippen LogP contribution < -0.4 is 10.1 Å². The van der Waals surface area contributed by atoms with Gasteiger partial charge in [-0.2, -0.15) is 0 Å². The summed E-state index contributed by atoms with van der Waals surface area (Å²) in [7, 11) is 0. The van der Waals surface area contributed by atoms with Gasteiger partial charge < -0.3 is 10.1 Å². The van der Waals surface area contributed by atoms with Crippen molar-refractivity contribution in [3.05, 3.63) is 78.1 Å². The summed E-state index contributed by atoms with van der Waals surface area (Å²) in [4.78, 5) is 12.5. The highest BCUT2D eigenvalue weighted by Crippen LogP contribution is 2.25. The maximum atomic E-state index is 12.5. The highest BCUT2D eigenvalue weighted by atomic mass is 32.2. The Morgan fingerprint density at radius 2 is 1.97 bits per heavy atom. The Balaban J connectivity index is 1.67. The van der Waals surface area contributed by atoms with Crippen molar-refractivity contribution in [1.29, 1.82) is 0 Å². The Morgan fingerprint density at radius 3 is 2.70 bits per heavy atom. The molecule has 1 N–H and O–H groups in total. The number of thioether (sulfide) groups is 1. The molecule has 3 rings (SSSR count). The number of hydrogen-bond acceptors (Lipinski definition) is 5. The zero-order valence-corrected chi connectivity index (χ0v) is 18.3. The van der Waals surface area contributed by atoms with E-state index in [0.717, 1.165) is 22.6 Å². The van der Waals surface area contributed by atoms with Crippen LogP contribution in [0.2, 0.25) is 0 Å². The van der Waals surface area contributed by atoms with Gasteiger partial charge in [0.1, 0.15) is 5.75 Å². The zero-order valence-electron chi connectivity index (χ0n) is 17.5. The molecule has 0 radical (unpaired) electrons. The van der Waals surface area contributed by atoms with Crippen LogP contribution >= 0.6 is 11.8 Å². The van der Waals surface area contributed by atoms with Crippen molar-refractivity contribution in [2.24, 2.45) is 0 Å². The van der Waals surface area contributed by atoms with Crippen molar-refractivity contribution < 1.29 is 9.53 Å². The van der Waals surface area contributed by atoms with Crippen LogP contribution in [0.4, 0.5) is 5.69 Å². The predicted molar refractivity (Wildman–Crippen MR) is 121 cm³/mol. The minimum atomic E-state index is -0.294. The summed E-state index contributed by atoms with van der Waals surface area (Å²) in [6.45, 7) is 10.3. The first-order valence-electron chi connectivity index (χ1n) is 9.74. The van der Waals surface area contributed by atoms with Crippen LogP contribution in [0.3, 0.4) is 0 Å². The maximum Gasteiger partial charge on any atom is 0.234 e. The number of nitrogens with one attached hydrogen (secondary N) is 1. The summed E-state index contributed by atoms with van der Waals surface area (Å²) < 4.78 is 7.91. The fraction of sp³-hybridized carbons (Fsp3) is 0.261. The minimum Gasteiger partial charge on any atom is -0.483 e. The van der Waals surface area contributed by atoms with Gasteiger partial charge in [0.15, 0.2) is 17.1 Å². The molecular weight excluding hydrogens is 396 g/mol. The van der Waals surface area contributed by atoms with E-state index < -0.39 is 0 Å². The number of rotatable bonds is 9. The number of carbonyl (C=O) groups excluding carboxylic acids is 1. The van der Waals surface area contributed by atoms with E-state index in [1.54, 1.807) is 6.08 Å². The minimum absolute atomic E-state index is 0.0861. The van der Waals surface area contributed by atoms with Gasteiger partial charge in [-0.3, -0.25) is 9.36 Å². The first-order chi connectivity index (χ1) is 14.5. The van der Waals surface area contributed by atoms with Crippen LogP contribution in [0.5, 0.6) is 5.75 Å². The molecule has 0 saturated heterocycles. The number of anilines is 1. The van der Waals surface area contributed by atoms with Crippen molar-refractivity contribution >= 4 is 23.4 Å². The lowest BCUT2D eigenvalue weighted by atomic mass is 10.1. The molecule has 1 aromatic heterocycles. The molecule has 2 aromatic carbocycles. The Kier molecular flexibility index (Phi) is 7.30. The van der Waals surface area contributed by atoms with Gasteiger partial charge >= 0.3 is 0 Å². The second kappa shape index (κ2) is 10.1. The first-order valence-corrected chi connectivity index (χ1v) is 10.7. The SMILES string of the molecule is C=CCn1c(SCC(=O)Nc2cccc(C)c2C)nnc1C(C)Oc1ccccc1. The second-order valence-corrected chi connectivity index (χ2v) is 7.84. The van der Waals surface area contributed by atoms with Gasteiger partial charge in [-0.15, -0.1) is 16.8 Å². The number of para-hydroxylation sites is 1. The van der Waals surface area contributed by atoms with Crippen LogP contribution in [0.1, 0.15) is 30.0 Å². The van der Waals surface area contributed by atoms with E-state index in [-0.39, 0.29) is 17.8 Å². The standard InChI is InChI=1S/C23H26N4O2S/c1-5-14-27-22(18(4)29-19-11-7-6-8-12-19)25-26-23(27)30-15-21(28)24-20-13-9-10-16(2)17(20)3/h5-13,18H,1,14-15H2,2-4H3,(H,24,28). The van der Waals surface area contributed by atoms with Gasteiger partial charge in [-0.05, 0) is 50.1 Å². The van der Waals surface area contributed by atoms with Gasteiger partial charge in [0, 0.05) is 12.2 Å². The molecule has 0 saturated carbocycles. The lowest BCUT2D eigenvalue weighted by molar-refractivity contribution is -0.113. The Morgan fingerprint density at radius 1 is 1.20 bits per heavy atom. The van der Waals surface area contributed by atoms with Gasteiger partial charge in [0.2, 0.25) is 5.91 Å². The van der Waals surface area contributed by atoms with Crippen molar-refractivity contribution in [3.63, 3.8) is 0 Å².